The van der Waals surface area contributed by atoms with E-state index in [1.165, 1.54) is 53.1 Å². The minimum absolute atomic E-state index is 0.0267. The van der Waals surface area contributed by atoms with Crippen LogP contribution in [0, 0.1) is 0 Å². The van der Waals surface area contributed by atoms with Crippen LogP contribution in [-0.2, 0) is 17.5 Å². The van der Waals surface area contributed by atoms with E-state index in [2.05, 4.69) is 19.6 Å². The van der Waals surface area contributed by atoms with E-state index in [1.54, 1.807) is 6.92 Å². The molecule has 0 aliphatic heterocycles. The van der Waals surface area contributed by atoms with Gasteiger partial charge in [-0.1, -0.05) is 53.2 Å². The fourth-order valence-electron chi connectivity index (χ4n) is 3.40. The number of carbonyl (C=O) groups is 1. The molecule has 4 aromatic rings. The molecule has 0 atom stereocenters. The maximum Gasteiger partial charge on any atom is 0.471 e. The van der Waals surface area contributed by atoms with Crippen LogP contribution in [0.5, 0.6) is 0 Å². The standard InChI is InChI=1S/C23H15ClF6N4O3S/c1-2-36-19(35)16-17(13-7-9-15(24)10-8-13)34(21(31-16)38-23(28,29)30)11-12-3-5-14(6-4-12)18-32-20(37-33-18)22(25,26)27/h3-10H,2,11H2,1H3. The van der Waals surface area contributed by atoms with Crippen LogP contribution in [-0.4, -0.2) is 37.8 Å². The highest BCUT2D eigenvalue weighted by atomic mass is 35.5. The average Bonchev–Trinajstić information content (AvgIpc) is 3.46. The van der Waals surface area contributed by atoms with Gasteiger partial charge in [0.25, 0.3) is 0 Å². The number of esters is 1. The van der Waals surface area contributed by atoms with Gasteiger partial charge in [-0.3, -0.25) is 0 Å². The smallest absolute Gasteiger partial charge is 0.461 e. The fraction of sp³-hybridized carbons (Fsp3) is 0.217. The molecule has 0 saturated carbocycles. The topological polar surface area (TPSA) is 83.0 Å². The first-order chi connectivity index (χ1) is 17.9. The highest BCUT2D eigenvalue weighted by molar-refractivity contribution is 8.00. The third kappa shape index (κ3) is 6.30. The lowest BCUT2D eigenvalue weighted by Gasteiger charge is -2.14. The van der Waals surface area contributed by atoms with E-state index in [0.29, 0.717) is 16.1 Å². The van der Waals surface area contributed by atoms with Gasteiger partial charge in [-0.15, -0.1) is 0 Å². The first kappa shape index (κ1) is 27.5. The van der Waals surface area contributed by atoms with Crippen molar-refractivity contribution in [2.24, 2.45) is 0 Å². The van der Waals surface area contributed by atoms with E-state index < -0.39 is 40.5 Å². The zero-order chi connectivity index (χ0) is 27.7. The Labute approximate surface area is 219 Å². The molecule has 0 spiro atoms. The number of rotatable bonds is 7. The molecular formula is C23H15ClF6N4O3S. The number of hydrogen-bond donors (Lipinski definition) is 0. The summed E-state index contributed by atoms with van der Waals surface area (Å²) < 4.78 is 88.9. The van der Waals surface area contributed by atoms with Crippen LogP contribution in [0.2, 0.25) is 5.02 Å². The van der Waals surface area contributed by atoms with Crippen molar-refractivity contribution in [2.45, 2.75) is 30.3 Å². The molecule has 200 valence electrons. The van der Waals surface area contributed by atoms with Gasteiger partial charge in [-0.25, -0.2) is 9.78 Å². The highest BCUT2D eigenvalue weighted by Crippen LogP contribution is 2.40. The van der Waals surface area contributed by atoms with Gasteiger partial charge >= 0.3 is 23.5 Å². The Morgan fingerprint density at radius 2 is 1.63 bits per heavy atom. The zero-order valence-electron chi connectivity index (χ0n) is 19.1. The number of benzene rings is 2. The molecule has 38 heavy (non-hydrogen) atoms. The molecule has 2 aromatic heterocycles. The van der Waals surface area contributed by atoms with Crippen molar-refractivity contribution in [1.29, 1.82) is 0 Å². The van der Waals surface area contributed by atoms with Crippen LogP contribution in [0.3, 0.4) is 0 Å². The molecule has 0 aliphatic carbocycles. The third-order valence-corrected chi connectivity index (χ3v) is 5.93. The molecule has 0 fully saturated rings. The molecule has 0 unspecified atom stereocenters. The summed E-state index contributed by atoms with van der Waals surface area (Å²) in [5.41, 5.74) is -3.96. The minimum Gasteiger partial charge on any atom is -0.461 e. The van der Waals surface area contributed by atoms with Crippen LogP contribution < -0.4 is 0 Å². The molecule has 0 N–H and O–H groups in total. The number of thioether (sulfide) groups is 1. The number of carbonyl (C=O) groups excluding carboxylic acids is 1. The van der Waals surface area contributed by atoms with Gasteiger partial charge in [0.1, 0.15) is 0 Å². The van der Waals surface area contributed by atoms with Crippen LogP contribution in [0.1, 0.15) is 28.9 Å². The molecule has 2 aromatic carbocycles. The summed E-state index contributed by atoms with van der Waals surface area (Å²) in [5, 5.41) is 3.17. The SMILES string of the molecule is CCOC(=O)c1nc(SC(F)(F)F)n(Cc2ccc(-c3noc(C(F)(F)F)n3)cc2)c1-c1ccc(Cl)cc1. The number of imidazole rings is 1. The van der Waals surface area contributed by atoms with Crippen molar-refractivity contribution in [3.8, 4) is 22.6 Å². The molecule has 0 saturated heterocycles. The quantitative estimate of drug-likeness (QED) is 0.132. The normalized spacial score (nSPS) is 12.1. The Balaban J connectivity index is 1.77. The summed E-state index contributed by atoms with van der Waals surface area (Å²) in [7, 11) is 0. The van der Waals surface area contributed by atoms with Gasteiger partial charge in [0.05, 0.1) is 18.8 Å². The Kier molecular flexibility index (Phi) is 7.74. The van der Waals surface area contributed by atoms with Crippen LogP contribution >= 0.6 is 23.4 Å². The Bertz CT molecular complexity index is 1430. The van der Waals surface area contributed by atoms with Crippen molar-refractivity contribution in [3.63, 3.8) is 0 Å². The molecule has 0 amide bonds. The zero-order valence-corrected chi connectivity index (χ0v) is 20.7. The van der Waals surface area contributed by atoms with Gasteiger partial charge in [0.2, 0.25) is 5.82 Å². The monoisotopic (exact) mass is 576 g/mol. The lowest BCUT2D eigenvalue weighted by Crippen LogP contribution is -2.09. The molecule has 4 rings (SSSR count). The van der Waals surface area contributed by atoms with Gasteiger partial charge in [0.15, 0.2) is 10.9 Å². The highest BCUT2D eigenvalue weighted by Gasteiger charge is 2.38. The molecule has 0 aliphatic rings. The maximum absolute atomic E-state index is 13.4. The van der Waals surface area contributed by atoms with E-state index in [1.807, 2.05) is 0 Å². The third-order valence-electron chi connectivity index (χ3n) is 4.95. The Hall–Kier alpha value is -3.52. The lowest BCUT2D eigenvalue weighted by molar-refractivity contribution is -0.159. The summed E-state index contributed by atoms with van der Waals surface area (Å²) in [6, 6.07) is 11.8. The van der Waals surface area contributed by atoms with Crippen molar-refractivity contribution >= 4 is 29.3 Å². The number of aromatic nitrogens is 4. The molecule has 7 nitrogen and oxygen atoms in total. The second kappa shape index (κ2) is 10.7. The van der Waals surface area contributed by atoms with Crippen molar-refractivity contribution in [3.05, 3.63) is 70.7 Å². The lowest BCUT2D eigenvalue weighted by atomic mass is 10.1. The van der Waals surface area contributed by atoms with E-state index in [9.17, 15) is 31.1 Å². The predicted octanol–water partition coefficient (Wildman–Crippen LogP) is 7.11. The minimum atomic E-state index is -4.81. The summed E-state index contributed by atoms with van der Waals surface area (Å²) in [6.07, 6.45) is -4.81. The number of halogens is 7. The molecule has 0 bridgehead atoms. The van der Waals surface area contributed by atoms with Crippen molar-refractivity contribution in [1.82, 2.24) is 19.7 Å². The summed E-state index contributed by atoms with van der Waals surface area (Å²) >= 11 is 5.46. The second-order valence-electron chi connectivity index (χ2n) is 7.57. The summed E-state index contributed by atoms with van der Waals surface area (Å²) in [4.78, 5) is 19.9. The van der Waals surface area contributed by atoms with E-state index in [-0.39, 0.29) is 35.9 Å². The number of hydrogen-bond acceptors (Lipinski definition) is 7. The molecule has 0 radical (unpaired) electrons. The number of ether oxygens (including phenoxy) is 1. The number of nitrogens with zero attached hydrogens (tertiary/aromatic N) is 4. The maximum atomic E-state index is 13.4. The van der Waals surface area contributed by atoms with E-state index >= 15 is 0 Å². The van der Waals surface area contributed by atoms with Crippen molar-refractivity contribution in [2.75, 3.05) is 6.61 Å². The largest absolute Gasteiger partial charge is 0.471 e. The first-order valence-corrected chi connectivity index (χ1v) is 11.8. The second-order valence-corrected chi connectivity index (χ2v) is 9.04. The summed E-state index contributed by atoms with van der Waals surface area (Å²) in [6.45, 7) is 1.34. The van der Waals surface area contributed by atoms with E-state index in [0.717, 1.165) is 0 Å². The van der Waals surface area contributed by atoms with Crippen molar-refractivity contribution < 1.29 is 40.4 Å². The van der Waals surface area contributed by atoms with Gasteiger partial charge < -0.3 is 13.8 Å². The molecule has 2 heterocycles. The average molecular weight is 577 g/mol. The summed E-state index contributed by atoms with van der Waals surface area (Å²) in [5.74, 6) is -2.73. The fourth-order valence-corrected chi connectivity index (χ4v) is 4.14. The predicted molar refractivity (Wildman–Crippen MR) is 124 cm³/mol. The van der Waals surface area contributed by atoms with Gasteiger partial charge in [-0.2, -0.15) is 31.3 Å². The Morgan fingerprint density at radius 3 is 2.18 bits per heavy atom. The van der Waals surface area contributed by atoms with Crippen LogP contribution in [0.25, 0.3) is 22.6 Å². The van der Waals surface area contributed by atoms with E-state index in [4.69, 9.17) is 16.3 Å². The van der Waals surface area contributed by atoms with Gasteiger partial charge in [-0.05, 0) is 24.6 Å². The first-order valence-electron chi connectivity index (χ1n) is 10.6. The molecule has 15 heteroatoms. The molecular weight excluding hydrogens is 562 g/mol. The van der Waals surface area contributed by atoms with Crippen LogP contribution in [0.4, 0.5) is 26.3 Å². The Morgan fingerprint density at radius 1 is 1.00 bits per heavy atom. The number of alkyl halides is 6. The van der Waals surface area contributed by atoms with Gasteiger partial charge in [0, 0.05) is 27.9 Å². The van der Waals surface area contributed by atoms with Crippen LogP contribution in [0.15, 0.2) is 58.2 Å².